The van der Waals surface area contributed by atoms with Crippen molar-refractivity contribution >= 4 is 5.69 Å². The van der Waals surface area contributed by atoms with Crippen LogP contribution in [-0.4, -0.2) is 50.2 Å². The highest BCUT2D eigenvalue weighted by molar-refractivity contribution is 5.46. The first kappa shape index (κ1) is 16.3. The quantitative estimate of drug-likeness (QED) is 0.794. The average Bonchev–Trinajstić information content (AvgIpc) is 2.55. The van der Waals surface area contributed by atoms with Crippen molar-refractivity contribution < 1.29 is 0 Å². The Kier molecular flexibility index (Phi) is 7.04. The number of benzene rings is 1. The first-order valence-corrected chi connectivity index (χ1v) is 8.59. The molecule has 1 heterocycles. The summed E-state index contributed by atoms with van der Waals surface area (Å²) in [6, 6.07) is 11.5. The van der Waals surface area contributed by atoms with Gasteiger partial charge in [0.15, 0.2) is 0 Å². The van der Waals surface area contributed by atoms with Crippen molar-refractivity contribution in [2.45, 2.75) is 39.2 Å². The second kappa shape index (κ2) is 9.06. The van der Waals surface area contributed by atoms with Crippen LogP contribution in [-0.2, 0) is 0 Å². The van der Waals surface area contributed by atoms with Crippen LogP contribution in [0.2, 0.25) is 0 Å². The number of nitrogens with zero attached hydrogens (tertiary/aromatic N) is 2. The van der Waals surface area contributed by atoms with Crippen LogP contribution in [0.3, 0.4) is 0 Å². The molecule has 0 atom stereocenters. The maximum atomic E-state index is 3.75. The molecule has 1 aromatic carbocycles. The van der Waals surface area contributed by atoms with Gasteiger partial charge in [0.25, 0.3) is 0 Å². The van der Waals surface area contributed by atoms with E-state index in [0.29, 0.717) is 6.04 Å². The third-order valence-electron chi connectivity index (χ3n) is 4.46. The van der Waals surface area contributed by atoms with E-state index in [-0.39, 0.29) is 0 Å². The van der Waals surface area contributed by atoms with Crippen molar-refractivity contribution in [1.82, 2.24) is 10.2 Å². The summed E-state index contributed by atoms with van der Waals surface area (Å²) in [6.45, 7) is 11.6. The highest BCUT2D eigenvalue weighted by Gasteiger charge is 2.18. The lowest BCUT2D eigenvalue weighted by Crippen LogP contribution is -2.44. The van der Waals surface area contributed by atoms with Crippen molar-refractivity contribution in [2.75, 3.05) is 44.2 Å². The van der Waals surface area contributed by atoms with E-state index in [1.165, 1.54) is 57.7 Å². The monoisotopic (exact) mass is 289 g/mol. The molecule has 1 saturated heterocycles. The van der Waals surface area contributed by atoms with Gasteiger partial charge in [-0.3, -0.25) is 0 Å². The fraction of sp³-hybridized carbons (Fsp3) is 0.667. The average molecular weight is 289 g/mol. The Bertz CT molecular complexity index is 371. The lowest BCUT2D eigenvalue weighted by Gasteiger charge is -2.34. The van der Waals surface area contributed by atoms with Crippen LogP contribution in [0.4, 0.5) is 5.69 Å². The van der Waals surface area contributed by atoms with Crippen molar-refractivity contribution in [3.8, 4) is 0 Å². The standard InChI is InChI=1S/C18H31N3/c1-3-13-20(4-2)16-12-19-17-10-14-21(15-11-17)18-8-6-5-7-9-18/h5-9,17,19H,3-4,10-16H2,1-2H3. The van der Waals surface area contributed by atoms with Gasteiger partial charge >= 0.3 is 0 Å². The maximum absolute atomic E-state index is 3.75. The van der Waals surface area contributed by atoms with E-state index in [2.05, 4.69) is 59.3 Å². The summed E-state index contributed by atoms with van der Waals surface area (Å²) in [5.41, 5.74) is 1.37. The summed E-state index contributed by atoms with van der Waals surface area (Å²) < 4.78 is 0. The van der Waals surface area contributed by atoms with Gasteiger partial charge in [0.2, 0.25) is 0 Å². The molecule has 0 saturated carbocycles. The molecule has 1 aliphatic heterocycles. The Morgan fingerprint density at radius 2 is 1.81 bits per heavy atom. The van der Waals surface area contributed by atoms with E-state index in [1.54, 1.807) is 0 Å². The SMILES string of the molecule is CCCN(CC)CCNC1CCN(c2ccccc2)CC1. The Hall–Kier alpha value is -1.06. The molecule has 0 aliphatic carbocycles. The molecule has 1 N–H and O–H groups in total. The summed E-state index contributed by atoms with van der Waals surface area (Å²) in [5, 5.41) is 3.75. The van der Waals surface area contributed by atoms with Crippen molar-refractivity contribution in [3.63, 3.8) is 0 Å². The number of para-hydroxylation sites is 1. The second-order valence-corrected chi connectivity index (χ2v) is 5.99. The Labute approximate surface area is 130 Å². The van der Waals surface area contributed by atoms with Gasteiger partial charge in [0, 0.05) is 37.9 Å². The molecule has 0 spiro atoms. The number of piperidine rings is 1. The Balaban J connectivity index is 1.65. The molecule has 118 valence electrons. The lowest BCUT2D eigenvalue weighted by atomic mass is 10.0. The van der Waals surface area contributed by atoms with E-state index < -0.39 is 0 Å². The fourth-order valence-corrected chi connectivity index (χ4v) is 3.15. The second-order valence-electron chi connectivity index (χ2n) is 5.99. The number of hydrogen-bond donors (Lipinski definition) is 1. The minimum Gasteiger partial charge on any atom is -0.371 e. The molecule has 1 aliphatic rings. The summed E-state index contributed by atoms with van der Waals surface area (Å²) in [5.74, 6) is 0. The predicted octanol–water partition coefficient (Wildman–Crippen LogP) is 2.98. The fourth-order valence-electron chi connectivity index (χ4n) is 3.15. The molecule has 0 amide bonds. The van der Waals surface area contributed by atoms with E-state index >= 15 is 0 Å². The Morgan fingerprint density at radius 1 is 1.10 bits per heavy atom. The van der Waals surface area contributed by atoms with Crippen molar-refractivity contribution in [1.29, 1.82) is 0 Å². The smallest absolute Gasteiger partial charge is 0.0366 e. The molecule has 1 aromatic rings. The first-order valence-electron chi connectivity index (χ1n) is 8.59. The minimum atomic E-state index is 0.699. The van der Waals surface area contributed by atoms with Gasteiger partial charge in [-0.25, -0.2) is 0 Å². The molecular weight excluding hydrogens is 258 g/mol. The first-order chi connectivity index (χ1) is 10.3. The van der Waals surface area contributed by atoms with Gasteiger partial charge in [0.1, 0.15) is 0 Å². The van der Waals surface area contributed by atoms with Gasteiger partial charge in [-0.2, -0.15) is 0 Å². The predicted molar refractivity (Wildman–Crippen MR) is 92.1 cm³/mol. The number of nitrogens with one attached hydrogen (secondary N) is 1. The van der Waals surface area contributed by atoms with E-state index in [0.717, 1.165) is 6.54 Å². The zero-order valence-corrected chi connectivity index (χ0v) is 13.7. The van der Waals surface area contributed by atoms with Crippen LogP contribution < -0.4 is 10.2 Å². The van der Waals surface area contributed by atoms with Gasteiger partial charge < -0.3 is 15.1 Å². The normalized spacial score (nSPS) is 16.6. The molecule has 3 heteroatoms. The van der Waals surface area contributed by atoms with Crippen molar-refractivity contribution in [3.05, 3.63) is 30.3 Å². The van der Waals surface area contributed by atoms with E-state index in [9.17, 15) is 0 Å². The van der Waals surface area contributed by atoms with Crippen molar-refractivity contribution in [2.24, 2.45) is 0 Å². The largest absolute Gasteiger partial charge is 0.371 e. The Morgan fingerprint density at radius 3 is 2.43 bits per heavy atom. The van der Waals surface area contributed by atoms with E-state index in [4.69, 9.17) is 0 Å². The van der Waals surface area contributed by atoms with Crippen LogP contribution in [0.15, 0.2) is 30.3 Å². The van der Waals surface area contributed by atoms with Gasteiger partial charge in [-0.05, 0) is 44.5 Å². The zero-order valence-electron chi connectivity index (χ0n) is 13.7. The highest BCUT2D eigenvalue weighted by atomic mass is 15.2. The maximum Gasteiger partial charge on any atom is 0.0366 e. The van der Waals surface area contributed by atoms with Gasteiger partial charge in [-0.1, -0.05) is 32.0 Å². The van der Waals surface area contributed by atoms with Crippen LogP contribution in [0, 0.1) is 0 Å². The topological polar surface area (TPSA) is 18.5 Å². The summed E-state index contributed by atoms with van der Waals surface area (Å²) in [4.78, 5) is 5.04. The summed E-state index contributed by atoms with van der Waals surface area (Å²) in [7, 11) is 0. The van der Waals surface area contributed by atoms with Gasteiger partial charge in [0.05, 0.1) is 0 Å². The minimum absolute atomic E-state index is 0.699. The number of likely N-dealkylation sites (N-methyl/N-ethyl adjacent to an activating group) is 1. The molecule has 0 bridgehead atoms. The highest BCUT2D eigenvalue weighted by Crippen LogP contribution is 2.19. The molecule has 21 heavy (non-hydrogen) atoms. The molecule has 1 fully saturated rings. The van der Waals surface area contributed by atoms with E-state index in [1.807, 2.05) is 0 Å². The third kappa shape index (κ3) is 5.33. The number of rotatable bonds is 8. The molecule has 0 aromatic heterocycles. The van der Waals surface area contributed by atoms with Crippen LogP contribution in [0.1, 0.15) is 33.1 Å². The third-order valence-corrected chi connectivity index (χ3v) is 4.46. The lowest BCUT2D eigenvalue weighted by molar-refractivity contribution is 0.277. The molecule has 0 radical (unpaired) electrons. The molecule has 2 rings (SSSR count). The zero-order chi connectivity index (χ0) is 14.9. The number of hydrogen-bond acceptors (Lipinski definition) is 3. The van der Waals surface area contributed by atoms with Gasteiger partial charge in [-0.15, -0.1) is 0 Å². The molecular formula is C18H31N3. The van der Waals surface area contributed by atoms with Crippen LogP contribution in [0.5, 0.6) is 0 Å². The summed E-state index contributed by atoms with van der Waals surface area (Å²) >= 11 is 0. The number of anilines is 1. The molecule has 3 nitrogen and oxygen atoms in total. The summed E-state index contributed by atoms with van der Waals surface area (Å²) in [6.07, 6.45) is 3.77. The van der Waals surface area contributed by atoms with Crippen LogP contribution >= 0.6 is 0 Å². The molecule has 0 unspecified atom stereocenters. The van der Waals surface area contributed by atoms with Crippen LogP contribution in [0.25, 0.3) is 0 Å².